The molecule has 120 valence electrons. The number of nitrogens with one attached hydrogen (secondary N) is 1. The molecule has 8 heteroatoms. The van der Waals surface area contributed by atoms with Gasteiger partial charge < -0.3 is 24.3 Å². The van der Waals surface area contributed by atoms with E-state index in [-0.39, 0.29) is 22.9 Å². The van der Waals surface area contributed by atoms with Crippen LogP contribution < -0.4 is 14.8 Å². The van der Waals surface area contributed by atoms with E-state index >= 15 is 0 Å². The zero-order valence-corrected chi connectivity index (χ0v) is 12.6. The van der Waals surface area contributed by atoms with Gasteiger partial charge in [0.15, 0.2) is 11.5 Å². The number of halogens is 1. The topological polar surface area (TPSA) is 83.1 Å². The van der Waals surface area contributed by atoms with Crippen LogP contribution in [0.5, 0.6) is 11.5 Å². The average Bonchev–Trinajstić information content (AvgIpc) is 2.53. The van der Waals surface area contributed by atoms with E-state index < -0.39 is 17.8 Å². The van der Waals surface area contributed by atoms with Crippen molar-refractivity contribution >= 4 is 17.6 Å². The van der Waals surface area contributed by atoms with Crippen molar-refractivity contribution in [1.82, 2.24) is 0 Å². The lowest BCUT2D eigenvalue weighted by Gasteiger charge is -2.14. The summed E-state index contributed by atoms with van der Waals surface area (Å²) in [5, 5.41) is 2.57. The van der Waals surface area contributed by atoms with Crippen molar-refractivity contribution in [2.45, 2.75) is 0 Å². The SMILES string of the molecule is COC(=O)/C=C(/Nc1ccc(OC)c(F)c1OC)C(=O)OC. The highest BCUT2D eigenvalue weighted by molar-refractivity contribution is 5.99. The number of hydrogen-bond acceptors (Lipinski definition) is 7. The highest BCUT2D eigenvalue weighted by atomic mass is 19.1. The molecule has 0 heterocycles. The summed E-state index contributed by atoms with van der Waals surface area (Å²) < 4.78 is 32.8. The van der Waals surface area contributed by atoms with Crippen LogP contribution in [0.1, 0.15) is 0 Å². The van der Waals surface area contributed by atoms with Gasteiger partial charge in [-0.2, -0.15) is 4.39 Å². The van der Waals surface area contributed by atoms with Crippen LogP contribution in [-0.4, -0.2) is 40.4 Å². The molecule has 0 saturated carbocycles. The highest BCUT2D eigenvalue weighted by Gasteiger charge is 2.19. The number of rotatable bonds is 6. The normalized spacial score (nSPS) is 10.7. The zero-order chi connectivity index (χ0) is 16.7. The molecule has 0 aliphatic carbocycles. The Kier molecular flexibility index (Phi) is 6.18. The summed E-state index contributed by atoms with van der Waals surface area (Å²) in [4.78, 5) is 22.9. The van der Waals surface area contributed by atoms with Crippen molar-refractivity contribution < 1.29 is 32.9 Å². The minimum absolute atomic E-state index is 0.0287. The summed E-state index contributed by atoms with van der Waals surface area (Å²) in [6.45, 7) is 0. The summed E-state index contributed by atoms with van der Waals surface area (Å²) in [6, 6.07) is 2.77. The van der Waals surface area contributed by atoms with Gasteiger partial charge >= 0.3 is 11.9 Å². The number of methoxy groups -OCH3 is 4. The second-order valence-corrected chi connectivity index (χ2v) is 3.86. The van der Waals surface area contributed by atoms with E-state index in [9.17, 15) is 14.0 Å². The third kappa shape index (κ3) is 3.87. The minimum atomic E-state index is -0.830. The van der Waals surface area contributed by atoms with Crippen LogP contribution in [0.3, 0.4) is 0 Å². The molecule has 0 amide bonds. The fourth-order valence-corrected chi connectivity index (χ4v) is 1.57. The molecular weight excluding hydrogens is 297 g/mol. The summed E-state index contributed by atoms with van der Waals surface area (Å²) in [5.41, 5.74) is -0.126. The van der Waals surface area contributed by atoms with Gasteiger partial charge in [0, 0.05) is 0 Å². The Morgan fingerprint density at radius 2 is 1.77 bits per heavy atom. The largest absolute Gasteiger partial charge is 0.494 e. The first-order valence-electron chi connectivity index (χ1n) is 6.03. The maximum atomic E-state index is 14.1. The smallest absolute Gasteiger partial charge is 0.354 e. The maximum absolute atomic E-state index is 14.1. The van der Waals surface area contributed by atoms with E-state index in [4.69, 9.17) is 9.47 Å². The average molecular weight is 313 g/mol. The molecule has 0 radical (unpaired) electrons. The number of esters is 2. The molecule has 0 atom stereocenters. The first-order chi connectivity index (χ1) is 10.5. The molecule has 1 rings (SSSR count). The summed E-state index contributed by atoms with van der Waals surface area (Å²) in [7, 11) is 4.86. The van der Waals surface area contributed by atoms with Crippen molar-refractivity contribution in [3.8, 4) is 11.5 Å². The molecule has 0 saturated heterocycles. The number of carbonyl (C=O) groups is 2. The van der Waals surface area contributed by atoms with Gasteiger partial charge in [0.1, 0.15) is 5.70 Å². The number of hydrogen-bond donors (Lipinski definition) is 1. The van der Waals surface area contributed by atoms with Gasteiger partial charge in [-0.3, -0.25) is 0 Å². The van der Waals surface area contributed by atoms with Crippen molar-refractivity contribution in [2.24, 2.45) is 0 Å². The lowest BCUT2D eigenvalue weighted by molar-refractivity contribution is -0.138. The Morgan fingerprint density at radius 3 is 2.27 bits per heavy atom. The molecule has 0 aromatic heterocycles. The number of benzene rings is 1. The van der Waals surface area contributed by atoms with Crippen LogP contribution >= 0.6 is 0 Å². The standard InChI is InChI=1S/C14H16FNO6/c1-19-10-6-5-8(13(21-3)12(10)15)16-9(14(18)22-4)7-11(17)20-2/h5-7,16H,1-4H3/b9-7+. The Bertz CT molecular complexity index is 599. The second-order valence-electron chi connectivity index (χ2n) is 3.86. The fourth-order valence-electron chi connectivity index (χ4n) is 1.57. The summed E-state index contributed by atoms with van der Waals surface area (Å²) in [6.07, 6.45) is 0.882. The Balaban J connectivity index is 3.24. The van der Waals surface area contributed by atoms with Gasteiger partial charge in [-0.25, -0.2) is 9.59 Å². The zero-order valence-electron chi connectivity index (χ0n) is 12.6. The van der Waals surface area contributed by atoms with E-state index in [0.717, 1.165) is 20.3 Å². The Hall–Kier alpha value is -2.77. The third-order valence-corrected chi connectivity index (χ3v) is 2.62. The van der Waals surface area contributed by atoms with Crippen molar-refractivity contribution in [3.63, 3.8) is 0 Å². The molecule has 1 aromatic carbocycles. The second kappa shape index (κ2) is 7.87. The molecule has 22 heavy (non-hydrogen) atoms. The predicted octanol–water partition coefficient (Wildman–Crippen LogP) is 1.48. The van der Waals surface area contributed by atoms with Crippen molar-refractivity contribution in [1.29, 1.82) is 0 Å². The maximum Gasteiger partial charge on any atom is 0.354 e. The van der Waals surface area contributed by atoms with E-state index in [0.29, 0.717) is 0 Å². The van der Waals surface area contributed by atoms with E-state index in [2.05, 4.69) is 14.8 Å². The van der Waals surface area contributed by atoms with Gasteiger partial charge in [0.25, 0.3) is 0 Å². The van der Waals surface area contributed by atoms with Gasteiger partial charge in [-0.1, -0.05) is 0 Å². The van der Waals surface area contributed by atoms with E-state index in [1.165, 1.54) is 26.4 Å². The van der Waals surface area contributed by atoms with Crippen molar-refractivity contribution in [2.75, 3.05) is 33.8 Å². The summed E-state index contributed by atoms with van der Waals surface area (Å²) in [5.74, 6) is -2.57. The quantitative estimate of drug-likeness (QED) is 0.629. The first-order valence-corrected chi connectivity index (χ1v) is 6.03. The van der Waals surface area contributed by atoms with Crippen LogP contribution in [0.2, 0.25) is 0 Å². The van der Waals surface area contributed by atoms with Crippen LogP contribution in [0.15, 0.2) is 23.9 Å². The third-order valence-electron chi connectivity index (χ3n) is 2.62. The molecule has 0 fully saturated rings. The van der Waals surface area contributed by atoms with Crippen LogP contribution in [0.25, 0.3) is 0 Å². The minimum Gasteiger partial charge on any atom is -0.494 e. The molecule has 0 spiro atoms. The van der Waals surface area contributed by atoms with Gasteiger partial charge in [0.2, 0.25) is 5.82 Å². The molecule has 0 unspecified atom stereocenters. The predicted molar refractivity (Wildman–Crippen MR) is 75.2 cm³/mol. The Labute approximate surface area is 126 Å². The van der Waals surface area contributed by atoms with E-state index in [1.54, 1.807) is 0 Å². The Morgan fingerprint density at radius 1 is 1.09 bits per heavy atom. The number of carbonyl (C=O) groups excluding carboxylic acids is 2. The van der Waals surface area contributed by atoms with Crippen LogP contribution in [0.4, 0.5) is 10.1 Å². The fraction of sp³-hybridized carbons (Fsp3) is 0.286. The molecular formula is C14H16FNO6. The first kappa shape index (κ1) is 17.3. The molecule has 0 aliphatic heterocycles. The van der Waals surface area contributed by atoms with Gasteiger partial charge in [-0.15, -0.1) is 0 Å². The van der Waals surface area contributed by atoms with E-state index in [1.807, 2.05) is 0 Å². The molecule has 1 N–H and O–H groups in total. The van der Waals surface area contributed by atoms with Crippen molar-refractivity contribution in [3.05, 3.63) is 29.7 Å². The molecule has 0 bridgehead atoms. The van der Waals surface area contributed by atoms with Gasteiger partial charge in [0.05, 0.1) is 40.2 Å². The highest BCUT2D eigenvalue weighted by Crippen LogP contribution is 2.34. The lowest BCUT2D eigenvalue weighted by Crippen LogP contribution is -2.16. The van der Waals surface area contributed by atoms with Gasteiger partial charge in [-0.05, 0) is 12.1 Å². The molecule has 1 aromatic rings. The number of ether oxygens (including phenoxy) is 4. The number of anilines is 1. The van der Waals surface area contributed by atoms with Crippen LogP contribution in [-0.2, 0) is 19.1 Å². The molecule has 0 aliphatic rings. The lowest BCUT2D eigenvalue weighted by atomic mass is 10.2. The molecule has 7 nitrogen and oxygen atoms in total. The van der Waals surface area contributed by atoms with Crippen LogP contribution in [0, 0.1) is 5.82 Å². The summed E-state index contributed by atoms with van der Waals surface area (Å²) >= 11 is 0. The monoisotopic (exact) mass is 313 g/mol.